The SMILES string of the molecule is CN(Cc1ccc(Cl)s1)C(=O)c1csc(I)c1. The van der Waals surface area contributed by atoms with E-state index in [1.807, 2.05) is 23.6 Å². The first kappa shape index (κ1) is 13.3. The highest BCUT2D eigenvalue weighted by atomic mass is 127. The number of thiophene rings is 2. The predicted octanol–water partition coefficient (Wildman–Crippen LogP) is 4.34. The first-order valence-corrected chi connectivity index (χ1v) is 7.95. The molecule has 0 N–H and O–H groups in total. The first-order valence-electron chi connectivity index (χ1n) is 4.80. The highest BCUT2D eigenvalue weighted by Crippen LogP contribution is 2.23. The van der Waals surface area contributed by atoms with Crippen molar-refractivity contribution in [3.8, 4) is 0 Å². The van der Waals surface area contributed by atoms with Gasteiger partial charge in [0.25, 0.3) is 5.91 Å². The van der Waals surface area contributed by atoms with Crippen molar-refractivity contribution >= 4 is 62.8 Å². The van der Waals surface area contributed by atoms with Crippen LogP contribution in [0.15, 0.2) is 23.6 Å². The van der Waals surface area contributed by atoms with E-state index in [0.717, 1.165) is 17.7 Å². The zero-order valence-electron chi connectivity index (χ0n) is 8.94. The molecule has 17 heavy (non-hydrogen) atoms. The summed E-state index contributed by atoms with van der Waals surface area (Å²) in [5, 5.41) is 1.89. The van der Waals surface area contributed by atoms with Crippen LogP contribution < -0.4 is 0 Å². The molecular formula is C11H9ClINOS2. The molecule has 0 radical (unpaired) electrons. The minimum Gasteiger partial charge on any atom is -0.337 e. The summed E-state index contributed by atoms with van der Waals surface area (Å²) in [5.74, 6) is 0.0497. The summed E-state index contributed by atoms with van der Waals surface area (Å²) in [4.78, 5) is 14.9. The van der Waals surface area contributed by atoms with Gasteiger partial charge in [0, 0.05) is 17.3 Å². The molecule has 1 amide bonds. The van der Waals surface area contributed by atoms with Gasteiger partial charge in [0.15, 0.2) is 0 Å². The van der Waals surface area contributed by atoms with Crippen LogP contribution in [0.2, 0.25) is 4.34 Å². The van der Waals surface area contributed by atoms with Crippen LogP contribution in [0.4, 0.5) is 0 Å². The van der Waals surface area contributed by atoms with Crippen molar-refractivity contribution in [1.82, 2.24) is 4.90 Å². The van der Waals surface area contributed by atoms with Gasteiger partial charge in [-0.3, -0.25) is 4.79 Å². The van der Waals surface area contributed by atoms with Gasteiger partial charge in [0.2, 0.25) is 0 Å². The van der Waals surface area contributed by atoms with Gasteiger partial charge in [0.05, 0.1) is 19.3 Å². The lowest BCUT2D eigenvalue weighted by atomic mass is 10.3. The number of carbonyl (C=O) groups is 1. The normalized spacial score (nSPS) is 10.5. The second kappa shape index (κ2) is 5.69. The molecule has 2 rings (SSSR count). The van der Waals surface area contributed by atoms with Crippen molar-refractivity contribution in [2.75, 3.05) is 7.05 Å². The summed E-state index contributed by atoms with van der Waals surface area (Å²) < 4.78 is 1.88. The summed E-state index contributed by atoms with van der Waals surface area (Å²) in [7, 11) is 1.81. The van der Waals surface area contributed by atoms with Gasteiger partial charge >= 0.3 is 0 Å². The second-order valence-corrected chi connectivity index (χ2v) is 8.11. The largest absolute Gasteiger partial charge is 0.337 e. The molecule has 0 saturated heterocycles. The van der Waals surface area contributed by atoms with Gasteiger partial charge in [-0.2, -0.15) is 0 Å². The average molecular weight is 398 g/mol. The van der Waals surface area contributed by atoms with Crippen molar-refractivity contribution in [3.05, 3.63) is 41.2 Å². The van der Waals surface area contributed by atoms with Gasteiger partial charge in [-0.15, -0.1) is 22.7 Å². The summed E-state index contributed by atoms with van der Waals surface area (Å²) in [6.45, 7) is 0.600. The monoisotopic (exact) mass is 397 g/mol. The average Bonchev–Trinajstić information content (AvgIpc) is 2.87. The number of halogens is 2. The molecule has 0 saturated carbocycles. The van der Waals surface area contributed by atoms with Crippen LogP contribution >= 0.6 is 56.9 Å². The summed E-state index contributed by atoms with van der Waals surface area (Å²) >= 11 is 11.2. The maximum atomic E-state index is 12.1. The molecule has 0 unspecified atom stereocenters. The molecule has 2 nitrogen and oxygen atoms in total. The van der Waals surface area contributed by atoms with Gasteiger partial charge in [0.1, 0.15) is 0 Å². The fourth-order valence-electron chi connectivity index (χ4n) is 1.38. The Labute approximate surface area is 126 Å². The molecule has 0 spiro atoms. The predicted molar refractivity (Wildman–Crippen MR) is 82.2 cm³/mol. The lowest BCUT2D eigenvalue weighted by Crippen LogP contribution is -2.25. The molecule has 0 aliphatic heterocycles. The molecule has 0 fully saturated rings. The molecule has 0 aliphatic rings. The van der Waals surface area contributed by atoms with Gasteiger partial charge < -0.3 is 4.90 Å². The molecule has 0 atom stereocenters. The Bertz CT molecular complexity index is 537. The fourth-order valence-corrected chi connectivity index (χ4v) is 3.85. The van der Waals surface area contributed by atoms with Crippen LogP contribution in [0.1, 0.15) is 15.2 Å². The van der Waals surface area contributed by atoms with Crippen molar-refractivity contribution < 1.29 is 4.79 Å². The molecule has 2 aromatic rings. The molecule has 6 heteroatoms. The van der Waals surface area contributed by atoms with Crippen LogP contribution in [0, 0.1) is 2.88 Å². The summed E-state index contributed by atoms with van der Waals surface area (Å²) in [6.07, 6.45) is 0. The first-order chi connectivity index (χ1) is 8.06. The van der Waals surface area contributed by atoms with E-state index in [9.17, 15) is 4.79 Å². The fraction of sp³-hybridized carbons (Fsp3) is 0.182. The van der Waals surface area contributed by atoms with Crippen LogP contribution in [0.3, 0.4) is 0 Å². The Kier molecular flexibility index (Phi) is 4.46. The number of rotatable bonds is 3. The van der Waals surface area contributed by atoms with E-state index in [1.54, 1.807) is 23.3 Å². The number of carbonyl (C=O) groups excluding carboxylic acids is 1. The maximum Gasteiger partial charge on any atom is 0.254 e. The quantitative estimate of drug-likeness (QED) is 0.706. The van der Waals surface area contributed by atoms with E-state index >= 15 is 0 Å². The number of hydrogen-bond donors (Lipinski definition) is 0. The summed E-state index contributed by atoms with van der Waals surface area (Å²) in [5.41, 5.74) is 0.754. The third-order valence-corrected chi connectivity index (χ3v) is 5.19. The number of amides is 1. The lowest BCUT2D eigenvalue weighted by molar-refractivity contribution is 0.0787. The minimum absolute atomic E-state index is 0.0497. The zero-order valence-corrected chi connectivity index (χ0v) is 13.5. The Morgan fingerprint density at radius 2 is 2.29 bits per heavy atom. The highest BCUT2D eigenvalue weighted by molar-refractivity contribution is 14.1. The topological polar surface area (TPSA) is 20.3 Å². The van der Waals surface area contributed by atoms with Gasteiger partial charge in [-0.25, -0.2) is 0 Å². The molecule has 90 valence electrons. The third kappa shape index (κ3) is 3.43. The molecule has 0 aliphatic carbocycles. The minimum atomic E-state index is 0.0497. The zero-order chi connectivity index (χ0) is 12.4. The van der Waals surface area contributed by atoms with Crippen LogP contribution in [-0.2, 0) is 6.54 Å². The molecule has 2 aromatic heterocycles. The molecular weight excluding hydrogens is 389 g/mol. The van der Waals surface area contributed by atoms with Crippen LogP contribution in [-0.4, -0.2) is 17.9 Å². The third-order valence-electron chi connectivity index (χ3n) is 2.18. The van der Waals surface area contributed by atoms with E-state index in [2.05, 4.69) is 22.6 Å². The Morgan fingerprint density at radius 1 is 1.53 bits per heavy atom. The molecule has 0 aromatic carbocycles. The number of hydrogen-bond acceptors (Lipinski definition) is 3. The Morgan fingerprint density at radius 3 is 2.82 bits per heavy atom. The molecule has 2 heterocycles. The van der Waals surface area contributed by atoms with Gasteiger partial charge in [-0.1, -0.05) is 11.6 Å². The van der Waals surface area contributed by atoms with Crippen molar-refractivity contribution in [1.29, 1.82) is 0 Å². The van der Waals surface area contributed by atoms with Crippen LogP contribution in [0.25, 0.3) is 0 Å². The van der Waals surface area contributed by atoms with E-state index in [0.29, 0.717) is 6.54 Å². The Balaban J connectivity index is 2.05. The standard InChI is InChI=1S/C11H9ClINOS2/c1-14(5-8-2-3-9(12)17-8)11(15)7-4-10(13)16-6-7/h2-4,6H,5H2,1H3. The van der Waals surface area contributed by atoms with E-state index in [-0.39, 0.29) is 5.91 Å². The van der Waals surface area contributed by atoms with Crippen LogP contribution in [0.5, 0.6) is 0 Å². The lowest BCUT2D eigenvalue weighted by Gasteiger charge is -2.15. The number of nitrogens with zero attached hydrogens (tertiary/aromatic N) is 1. The summed E-state index contributed by atoms with van der Waals surface area (Å²) in [6, 6.07) is 5.72. The maximum absolute atomic E-state index is 12.1. The smallest absolute Gasteiger partial charge is 0.254 e. The van der Waals surface area contributed by atoms with E-state index in [1.165, 1.54) is 11.3 Å². The van der Waals surface area contributed by atoms with E-state index < -0.39 is 0 Å². The van der Waals surface area contributed by atoms with Crippen molar-refractivity contribution in [2.24, 2.45) is 0 Å². The van der Waals surface area contributed by atoms with Crippen molar-refractivity contribution in [3.63, 3.8) is 0 Å². The second-order valence-electron chi connectivity index (χ2n) is 3.51. The molecule has 0 bridgehead atoms. The van der Waals surface area contributed by atoms with Gasteiger partial charge in [-0.05, 0) is 40.8 Å². The van der Waals surface area contributed by atoms with E-state index in [4.69, 9.17) is 11.6 Å². The Hall–Kier alpha value is -0.110. The highest BCUT2D eigenvalue weighted by Gasteiger charge is 2.14. The van der Waals surface area contributed by atoms with Crippen molar-refractivity contribution in [2.45, 2.75) is 6.54 Å².